The highest BCUT2D eigenvalue weighted by Gasteiger charge is 2.11. The lowest BCUT2D eigenvalue weighted by atomic mass is 10.2. The van der Waals surface area contributed by atoms with Crippen LogP contribution in [0, 0.1) is 10.1 Å². The number of fused-ring (bicyclic) bond motifs is 1. The molecule has 0 aliphatic carbocycles. The number of aromatic amines is 1. The number of nitrogens with one attached hydrogen (secondary N) is 1. The van der Waals surface area contributed by atoms with Gasteiger partial charge in [-0.1, -0.05) is 18.2 Å². The van der Waals surface area contributed by atoms with E-state index >= 15 is 0 Å². The standard InChI is InChI=1S/C16H12N4O5/c21-14(9-25-11-7-5-10(6-8-11)20(23)24)18-19-15-12-3-1-2-4-13(12)17-16(15)22/h1-8,17,22H,9H2. The van der Waals surface area contributed by atoms with Crippen LogP contribution in [0.15, 0.2) is 58.8 Å². The molecule has 0 atom stereocenters. The summed E-state index contributed by atoms with van der Waals surface area (Å²) in [6, 6.07) is 12.4. The Bertz CT molecular complexity index is 962. The number of hydrogen-bond donors (Lipinski definition) is 2. The fraction of sp³-hybridized carbons (Fsp3) is 0.0625. The van der Waals surface area contributed by atoms with Gasteiger partial charge in [0.1, 0.15) is 5.75 Å². The minimum Gasteiger partial charge on any atom is -0.493 e. The van der Waals surface area contributed by atoms with Crippen LogP contribution < -0.4 is 4.74 Å². The van der Waals surface area contributed by atoms with Crippen molar-refractivity contribution in [1.29, 1.82) is 0 Å². The molecule has 0 saturated heterocycles. The highest BCUT2D eigenvalue weighted by Crippen LogP contribution is 2.35. The fourth-order valence-corrected chi connectivity index (χ4v) is 2.16. The van der Waals surface area contributed by atoms with Crippen LogP contribution in [0.4, 0.5) is 11.4 Å². The summed E-state index contributed by atoms with van der Waals surface area (Å²) in [6.45, 7) is -0.384. The summed E-state index contributed by atoms with van der Waals surface area (Å²) in [6.07, 6.45) is 0. The van der Waals surface area contributed by atoms with Crippen molar-refractivity contribution < 1.29 is 19.6 Å². The molecule has 3 aromatic rings. The van der Waals surface area contributed by atoms with Crippen LogP contribution in [0.3, 0.4) is 0 Å². The van der Waals surface area contributed by atoms with Crippen LogP contribution in [0.5, 0.6) is 11.6 Å². The van der Waals surface area contributed by atoms with Gasteiger partial charge in [-0.05, 0) is 18.2 Å². The van der Waals surface area contributed by atoms with Gasteiger partial charge in [0.2, 0.25) is 5.88 Å². The van der Waals surface area contributed by atoms with Gasteiger partial charge in [0, 0.05) is 17.5 Å². The normalized spacial score (nSPS) is 11.0. The maximum Gasteiger partial charge on any atom is 0.302 e. The Hall–Kier alpha value is -3.75. The average molecular weight is 340 g/mol. The topological polar surface area (TPSA) is 130 Å². The van der Waals surface area contributed by atoms with Crippen molar-refractivity contribution in [2.75, 3.05) is 6.61 Å². The van der Waals surface area contributed by atoms with Crippen molar-refractivity contribution in [3.63, 3.8) is 0 Å². The van der Waals surface area contributed by atoms with E-state index in [1.165, 1.54) is 24.3 Å². The quantitative estimate of drug-likeness (QED) is 0.417. The predicted molar refractivity (Wildman–Crippen MR) is 88.1 cm³/mol. The number of aromatic nitrogens is 1. The molecule has 25 heavy (non-hydrogen) atoms. The predicted octanol–water partition coefficient (Wildman–Crippen LogP) is 3.47. The zero-order valence-corrected chi connectivity index (χ0v) is 12.7. The number of amides is 1. The van der Waals surface area contributed by atoms with E-state index in [-0.39, 0.29) is 23.9 Å². The van der Waals surface area contributed by atoms with E-state index < -0.39 is 10.8 Å². The first kappa shape index (κ1) is 16.1. The number of para-hydroxylation sites is 1. The summed E-state index contributed by atoms with van der Waals surface area (Å²) >= 11 is 0. The molecule has 0 fully saturated rings. The number of carbonyl (C=O) groups is 1. The lowest BCUT2D eigenvalue weighted by Gasteiger charge is -2.02. The van der Waals surface area contributed by atoms with Crippen molar-refractivity contribution >= 4 is 28.2 Å². The van der Waals surface area contributed by atoms with Crippen LogP contribution >= 0.6 is 0 Å². The summed E-state index contributed by atoms with van der Waals surface area (Å²) in [5.74, 6) is -0.554. The Kier molecular flexibility index (Phi) is 4.38. The number of azo groups is 1. The second-order valence-electron chi connectivity index (χ2n) is 5.00. The van der Waals surface area contributed by atoms with Gasteiger partial charge in [-0.3, -0.25) is 14.9 Å². The maximum atomic E-state index is 11.7. The first-order chi connectivity index (χ1) is 12.0. The largest absolute Gasteiger partial charge is 0.493 e. The second kappa shape index (κ2) is 6.79. The van der Waals surface area contributed by atoms with Crippen molar-refractivity contribution in [3.8, 4) is 11.6 Å². The Balaban J connectivity index is 1.64. The highest BCUT2D eigenvalue weighted by molar-refractivity contribution is 5.94. The summed E-state index contributed by atoms with van der Waals surface area (Å²) in [4.78, 5) is 24.5. The molecule has 0 aliphatic rings. The Morgan fingerprint density at radius 1 is 1.20 bits per heavy atom. The maximum absolute atomic E-state index is 11.7. The molecule has 1 amide bonds. The zero-order valence-electron chi connectivity index (χ0n) is 12.7. The molecular weight excluding hydrogens is 328 g/mol. The average Bonchev–Trinajstić information content (AvgIpc) is 2.93. The lowest BCUT2D eigenvalue weighted by molar-refractivity contribution is -0.384. The smallest absolute Gasteiger partial charge is 0.302 e. The van der Waals surface area contributed by atoms with Crippen LogP contribution in [0.2, 0.25) is 0 Å². The lowest BCUT2D eigenvalue weighted by Crippen LogP contribution is -2.07. The summed E-state index contributed by atoms with van der Waals surface area (Å²) < 4.78 is 5.19. The monoisotopic (exact) mass is 340 g/mol. The molecule has 9 nitrogen and oxygen atoms in total. The third-order valence-corrected chi connectivity index (χ3v) is 3.33. The van der Waals surface area contributed by atoms with Crippen LogP contribution in [0.25, 0.3) is 10.9 Å². The Morgan fingerprint density at radius 2 is 1.92 bits per heavy atom. The SMILES string of the molecule is O=C(COc1ccc([N+](=O)[O-])cc1)N=Nc1c(O)[nH]c2ccccc12. The number of rotatable bonds is 5. The summed E-state index contributed by atoms with van der Waals surface area (Å²) in [5.41, 5.74) is 0.760. The van der Waals surface area contributed by atoms with Gasteiger partial charge in [0.15, 0.2) is 12.3 Å². The van der Waals surface area contributed by atoms with Gasteiger partial charge in [-0.15, -0.1) is 10.2 Å². The third-order valence-electron chi connectivity index (χ3n) is 3.33. The first-order valence-electron chi connectivity index (χ1n) is 7.16. The molecule has 1 aromatic heterocycles. The van der Waals surface area contributed by atoms with Crippen molar-refractivity contribution in [3.05, 3.63) is 58.6 Å². The molecule has 0 bridgehead atoms. The van der Waals surface area contributed by atoms with Gasteiger partial charge < -0.3 is 14.8 Å². The molecule has 0 unspecified atom stereocenters. The van der Waals surface area contributed by atoms with E-state index in [1.54, 1.807) is 24.3 Å². The van der Waals surface area contributed by atoms with Crippen molar-refractivity contribution in [1.82, 2.24) is 4.98 Å². The number of carbonyl (C=O) groups excluding carboxylic acids is 1. The molecule has 9 heteroatoms. The summed E-state index contributed by atoms with van der Waals surface area (Å²) in [7, 11) is 0. The van der Waals surface area contributed by atoms with E-state index in [0.29, 0.717) is 16.7 Å². The van der Waals surface area contributed by atoms with Crippen LogP contribution in [0.1, 0.15) is 0 Å². The number of nitro benzene ring substituents is 1. The molecular formula is C16H12N4O5. The van der Waals surface area contributed by atoms with Crippen LogP contribution in [-0.2, 0) is 4.79 Å². The van der Waals surface area contributed by atoms with E-state index in [2.05, 4.69) is 15.2 Å². The van der Waals surface area contributed by atoms with E-state index in [1.807, 2.05) is 0 Å². The van der Waals surface area contributed by atoms with Gasteiger partial charge in [-0.25, -0.2) is 0 Å². The molecule has 1 heterocycles. The molecule has 126 valence electrons. The van der Waals surface area contributed by atoms with Crippen molar-refractivity contribution in [2.45, 2.75) is 0 Å². The fourth-order valence-electron chi connectivity index (χ4n) is 2.16. The number of nitro groups is 1. The Labute approximate surface area is 140 Å². The van der Waals surface area contributed by atoms with Gasteiger partial charge in [-0.2, -0.15) is 0 Å². The van der Waals surface area contributed by atoms with E-state index in [9.17, 15) is 20.0 Å². The zero-order chi connectivity index (χ0) is 17.8. The number of ether oxygens (including phenoxy) is 1. The molecule has 2 N–H and O–H groups in total. The second-order valence-corrected chi connectivity index (χ2v) is 5.00. The highest BCUT2D eigenvalue weighted by atomic mass is 16.6. The number of nitrogens with zero attached hydrogens (tertiary/aromatic N) is 3. The summed E-state index contributed by atoms with van der Waals surface area (Å²) in [5, 5.41) is 28.3. The number of aromatic hydroxyl groups is 1. The Morgan fingerprint density at radius 3 is 2.64 bits per heavy atom. The third kappa shape index (κ3) is 3.61. The molecule has 0 saturated carbocycles. The first-order valence-corrected chi connectivity index (χ1v) is 7.16. The minimum atomic E-state index is -0.664. The van der Waals surface area contributed by atoms with Gasteiger partial charge in [0.25, 0.3) is 5.69 Å². The molecule has 2 aromatic carbocycles. The van der Waals surface area contributed by atoms with Crippen molar-refractivity contribution in [2.24, 2.45) is 10.2 Å². The van der Waals surface area contributed by atoms with Crippen LogP contribution in [-0.4, -0.2) is 27.5 Å². The number of benzene rings is 2. The van der Waals surface area contributed by atoms with Gasteiger partial charge >= 0.3 is 5.91 Å². The minimum absolute atomic E-state index is 0.0758. The number of non-ortho nitro benzene ring substituents is 1. The number of hydrogen-bond acceptors (Lipinski definition) is 6. The van der Waals surface area contributed by atoms with E-state index in [4.69, 9.17) is 4.74 Å². The van der Waals surface area contributed by atoms with E-state index in [0.717, 1.165) is 0 Å². The number of H-pyrrole nitrogens is 1. The molecule has 0 aliphatic heterocycles. The molecule has 3 rings (SSSR count). The molecule has 0 spiro atoms. The van der Waals surface area contributed by atoms with Gasteiger partial charge in [0.05, 0.1) is 10.4 Å². The molecule has 0 radical (unpaired) electrons.